The molecular weight excluding hydrogens is 253 g/mol. The Kier molecular flexibility index (Phi) is 5.82. The Morgan fingerprint density at radius 2 is 1.68 bits per heavy atom. The summed E-state index contributed by atoms with van der Waals surface area (Å²) in [5, 5.41) is 0. The maximum atomic E-state index is 13.3. The molecule has 0 aliphatic heterocycles. The van der Waals surface area contributed by atoms with E-state index >= 15 is 0 Å². The number of hydrogen-bond donors (Lipinski definition) is 1. The van der Waals surface area contributed by atoms with Crippen molar-refractivity contribution in [2.24, 2.45) is 5.73 Å². The molecule has 0 aliphatic rings. The van der Waals surface area contributed by atoms with E-state index < -0.39 is 17.5 Å². The largest absolute Gasteiger partial charge is 0.329 e. The number of halogens is 3. The Hall–Kier alpha value is -1.07. The number of hydrogen-bond acceptors (Lipinski definition) is 2. The Balaban J connectivity index is 3.14. The number of nitrogens with zero attached hydrogens (tertiary/aromatic N) is 1. The predicted molar refractivity (Wildman–Crippen MR) is 70.2 cm³/mol. The van der Waals surface area contributed by atoms with Crippen molar-refractivity contribution in [3.8, 4) is 0 Å². The van der Waals surface area contributed by atoms with Gasteiger partial charge in [-0.05, 0) is 44.5 Å². The van der Waals surface area contributed by atoms with Crippen LogP contribution in [0.25, 0.3) is 0 Å². The highest BCUT2D eigenvalue weighted by molar-refractivity contribution is 5.23. The molecule has 0 heterocycles. The summed E-state index contributed by atoms with van der Waals surface area (Å²) in [6, 6.07) is 1.93. The van der Waals surface area contributed by atoms with Crippen molar-refractivity contribution in [3.05, 3.63) is 35.1 Å². The lowest BCUT2D eigenvalue weighted by Crippen LogP contribution is -2.39. The van der Waals surface area contributed by atoms with E-state index in [1.54, 1.807) is 0 Å². The van der Waals surface area contributed by atoms with Crippen molar-refractivity contribution >= 4 is 0 Å². The summed E-state index contributed by atoms with van der Waals surface area (Å²) >= 11 is 0. The molecule has 0 bridgehead atoms. The minimum Gasteiger partial charge on any atom is -0.329 e. The zero-order valence-electron chi connectivity index (χ0n) is 11.6. The third-order valence-electron chi connectivity index (χ3n) is 3.16. The van der Waals surface area contributed by atoms with Gasteiger partial charge in [0, 0.05) is 18.6 Å². The molecule has 1 atom stereocenters. The van der Waals surface area contributed by atoms with Gasteiger partial charge in [0.1, 0.15) is 0 Å². The SMILES string of the molecule is CCCN(C(C)C)C(CN)c1cc(F)c(F)c(F)c1. The summed E-state index contributed by atoms with van der Waals surface area (Å²) in [6.45, 7) is 7.00. The van der Waals surface area contributed by atoms with Gasteiger partial charge in [0.05, 0.1) is 0 Å². The lowest BCUT2D eigenvalue weighted by Gasteiger charge is -2.34. The first-order valence-corrected chi connectivity index (χ1v) is 6.52. The molecule has 1 aromatic carbocycles. The van der Waals surface area contributed by atoms with Gasteiger partial charge in [0.15, 0.2) is 17.5 Å². The quantitative estimate of drug-likeness (QED) is 0.807. The first kappa shape index (κ1) is 16.0. The highest BCUT2D eigenvalue weighted by Crippen LogP contribution is 2.25. The molecule has 0 saturated heterocycles. The van der Waals surface area contributed by atoms with Crippen LogP contribution in [0.2, 0.25) is 0 Å². The highest BCUT2D eigenvalue weighted by Gasteiger charge is 2.23. The lowest BCUT2D eigenvalue weighted by molar-refractivity contribution is 0.156. The number of benzene rings is 1. The first-order chi connectivity index (χ1) is 8.92. The lowest BCUT2D eigenvalue weighted by atomic mass is 10.0. The summed E-state index contributed by atoms with van der Waals surface area (Å²) in [4.78, 5) is 2.06. The van der Waals surface area contributed by atoms with Gasteiger partial charge in [-0.1, -0.05) is 6.92 Å². The van der Waals surface area contributed by atoms with Crippen LogP contribution in [-0.2, 0) is 0 Å². The van der Waals surface area contributed by atoms with E-state index in [0.717, 1.165) is 25.1 Å². The van der Waals surface area contributed by atoms with E-state index in [-0.39, 0.29) is 18.6 Å². The van der Waals surface area contributed by atoms with E-state index in [1.165, 1.54) is 0 Å². The fraction of sp³-hybridized carbons (Fsp3) is 0.571. The first-order valence-electron chi connectivity index (χ1n) is 6.52. The van der Waals surface area contributed by atoms with Gasteiger partial charge in [-0.25, -0.2) is 13.2 Å². The molecule has 1 unspecified atom stereocenters. The van der Waals surface area contributed by atoms with Crippen LogP contribution in [0.15, 0.2) is 12.1 Å². The summed E-state index contributed by atoms with van der Waals surface area (Å²) in [5.74, 6) is -3.78. The van der Waals surface area contributed by atoms with Crippen LogP contribution in [0.1, 0.15) is 38.8 Å². The van der Waals surface area contributed by atoms with Crippen LogP contribution < -0.4 is 5.73 Å². The molecule has 0 fully saturated rings. The molecule has 5 heteroatoms. The Morgan fingerprint density at radius 1 is 1.16 bits per heavy atom. The van der Waals surface area contributed by atoms with E-state index in [1.807, 2.05) is 20.8 Å². The molecule has 2 nitrogen and oxygen atoms in total. The topological polar surface area (TPSA) is 29.3 Å². The minimum absolute atomic E-state index is 0.185. The Labute approximate surface area is 112 Å². The molecule has 2 N–H and O–H groups in total. The Bertz CT molecular complexity index is 398. The summed E-state index contributed by atoms with van der Waals surface area (Å²) < 4.78 is 39.6. The normalized spacial score (nSPS) is 13.3. The average Bonchev–Trinajstić information content (AvgIpc) is 2.35. The third kappa shape index (κ3) is 3.70. The molecule has 0 aliphatic carbocycles. The second kappa shape index (κ2) is 6.91. The van der Waals surface area contributed by atoms with Crippen LogP contribution in [0, 0.1) is 17.5 Å². The molecule has 0 spiro atoms. The standard InChI is InChI=1S/C14H21F3N2/c1-4-5-19(9(2)3)13(8-18)10-6-11(15)14(17)12(16)7-10/h6-7,9,13H,4-5,8,18H2,1-3H3. The number of rotatable bonds is 6. The second-order valence-corrected chi connectivity index (χ2v) is 4.88. The molecule has 0 saturated carbocycles. The van der Waals surface area contributed by atoms with Crippen molar-refractivity contribution in [1.29, 1.82) is 0 Å². The van der Waals surface area contributed by atoms with Crippen LogP contribution in [0.5, 0.6) is 0 Å². The van der Waals surface area contributed by atoms with E-state index in [0.29, 0.717) is 5.56 Å². The molecular formula is C14H21F3N2. The van der Waals surface area contributed by atoms with Gasteiger partial charge in [-0.2, -0.15) is 0 Å². The zero-order chi connectivity index (χ0) is 14.6. The van der Waals surface area contributed by atoms with E-state index in [4.69, 9.17) is 5.73 Å². The molecule has 0 amide bonds. The van der Waals surface area contributed by atoms with Gasteiger partial charge in [-0.3, -0.25) is 4.90 Å². The van der Waals surface area contributed by atoms with Crippen molar-refractivity contribution in [1.82, 2.24) is 4.90 Å². The van der Waals surface area contributed by atoms with Gasteiger partial charge in [0.25, 0.3) is 0 Å². The van der Waals surface area contributed by atoms with Crippen LogP contribution >= 0.6 is 0 Å². The third-order valence-corrected chi connectivity index (χ3v) is 3.16. The van der Waals surface area contributed by atoms with Crippen molar-refractivity contribution in [2.45, 2.75) is 39.3 Å². The second-order valence-electron chi connectivity index (χ2n) is 4.88. The monoisotopic (exact) mass is 274 g/mol. The maximum Gasteiger partial charge on any atom is 0.194 e. The highest BCUT2D eigenvalue weighted by atomic mass is 19.2. The molecule has 0 radical (unpaired) electrons. The van der Waals surface area contributed by atoms with Gasteiger partial charge in [-0.15, -0.1) is 0 Å². The molecule has 1 aromatic rings. The molecule has 19 heavy (non-hydrogen) atoms. The van der Waals surface area contributed by atoms with Gasteiger partial charge < -0.3 is 5.73 Å². The minimum atomic E-state index is -1.44. The summed E-state index contributed by atoms with van der Waals surface area (Å²) in [6.07, 6.45) is 0.904. The fourth-order valence-electron chi connectivity index (χ4n) is 2.26. The summed E-state index contributed by atoms with van der Waals surface area (Å²) in [7, 11) is 0. The van der Waals surface area contributed by atoms with Crippen LogP contribution in [0.4, 0.5) is 13.2 Å². The van der Waals surface area contributed by atoms with Gasteiger partial charge >= 0.3 is 0 Å². The van der Waals surface area contributed by atoms with Crippen molar-refractivity contribution in [3.63, 3.8) is 0 Å². The van der Waals surface area contributed by atoms with Gasteiger partial charge in [0.2, 0.25) is 0 Å². The van der Waals surface area contributed by atoms with Crippen LogP contribution in [-0.4, -0.2) is 24.0 Å². The zero-order valence-corrected chi connectivity index (χ0v) is 11.6. The molecule has 108 valence electrons. The molecule has 1 rings (SSSR count). The molecule has 0 aromatic heterocycles. The average molecular weight is 274 g/mol. The smallest absolute Gasteiger partial charge is 0.194 e. The maximum absolute atomic E-state index is 13.3. The van der Waals surface area contributed by atoms with E-state index in [9.17, 15) is 13.2 Å². The summed E-state index contributed by atoms with van der Waals surface area (Å²) in [5.41, 5.74) is 6.11. The number of nitrogens with two attached hydrogens (primary N) is 1. The van der Waals surface area contributed by atoms with Crippen LogP contribution in [0.3, 0.4) is 0 Å². The van der Waals surface area contributed by atoms with Crippen molar-refractivity contribution in [2.75, 3.05) is 13.1 Å². The fourth-order valence-corrected chi connectivity index (χ4v) is 2.26. The Morgan fingerprint density at radius 3 is 2.05 bits per heavy atom. The van der Waals surface area contributed by atoms with Crippen molar-refractivity contribution < 1.29 is 13.2 Å². The predicted octanol–water partition coefficient (Wildman–Crippen LogP) is 3.22. The van der Waals surface area contributed by atoms with E-state index in [2.05, 4.69) is 4.90 Å².